The lowest BCUT2D eigenvalue weighted by Crippen LogP contribution is -2.27. The minimum atomic E-state index is -0.940. The molecule has 0 aliphatic carbocycles. The number of carbonyl (C=O) groups excluding carboxylic acids is 1. The predicted octanol–water partition coefficient (Wildman–Crippen LogP) is 1.99. The first kappa shape index (κ1) is 14.4. The third-order valence-corrected chi connectivity index (χ3v) is 2.90. The van der Waals surface area contributed by atoms with E-state index in [9.17, 15) is 19.3 Å². The first-order chi connectivity index (χ1) is 9.91. The minimum absolute atomic E-state index is 0.279. The van der Waals surface area contributed by atoms with E-state index in [2.05, 4.69) is 4.98 Å². The van der Waals surface area contributed by atoms with E-state index in [4.69, 9.17) is 5.73 Å². The highest BCUT2D eigenvalue weighted by Gasteiger charge is 2.25. The molecule has 0 bridgehead atoms. The maximum absolute atomic E-state index is 13.3. The number of nitro benzene ring substituents is 1. The minimum Gasteiger partial charge on any atom is -0.396 e. The molecule has 0 saturated carbocycles. The number of amides is 1. The van der Waals surface area contributed by atoms with Crippen LogP contribution in [0.5, 0.6) is 0 Å². The van der Waals surface area contributed by atoms with Gasteiger partial charge in [-0.05, 0) is 18.2 Å². The van der Waals surface area contributed by atoms with Gasteiger partial charge in [-0.2, -0.15) is 0 Å². The van der Waals surface area contributed by atoms with Crippen molar-refractivity contribution in [2.24, 2.45) is 0 Å². The topological polar surface area (TPSA) is 102 Å². The van der Waals surface area contributed by atoms with E-state index in [0.29, 0.717) is 11.8 Å². The average Bonchev–Trinajstić information content (AvgIpc) is 2.48. The van der Waals surface area contributed by atoms with E-state index in [1.807, 2.05) is 0 Å². The number of pyridine rings is 1. The van der Waals surface area contributed by atoms with Crippen LogP contribution in [0.1, 0.15) is 10.4 Å². The molecule has 2 N–H and O–H groups in total. The van der Waals surface area contributed by atoms with Gasteiger partial charge in [0.2, 0.25) is 0 Å². The number of carbonyl (C=O) groups is 1. The van der Waals surface area contributed by atoms with Crippen LogP contribution >= 0.6 is 0 Å². The zero-order valence-electron chi connectivity index (χ0n) is 11.0. The number of nitrogens with zero attached hydrogens (tertiary/aromatic N) is 3. The first-order valence-electron chi connectivity index (χ1n) is 5.83. The normalized spacial score (nSPS) is 10.2. The second-order valence-corrected chi connectivity index (χ2v) is 4.22. The Bertz CT molecular complexity index is 706. The number of rotatable bonds is 3. The third kappa shape index (κ3) is 2.78. The van der Waals surface area contributed by atoms with Gasteiger partial charge in [-0.3, -0.25) is 19.9 Å². The molecule has 0 spiro atoms. The Morgan fingerprint density at radius 2 is 2.00 bits per heavy atom. The standard InChI is InChI=1S/C13H11FN4O3/c1-17(8-2-4-16-5-3-8)13(19)9-6-11(15)10(14)7-12(9)18(20)21/h2-7H,15H2,1H3. The number of nitro groups is 1. The largest absolute Gasteiger partial charge is 0.396 e. The predicted molar refractivity (Wildman–Crippen MR) is 74.4 cm³/mol. The van der Waals surface area contributed by atoms with E-state index in [1.165, 1.54) is 24.3 Å². The lowest BCUT2D eigenvalue weighted by atomic mass is 10.1. The summed E-state index contributed by atoms with van der Waals surface area (Å²) in [7, 11) is 1.45. The molecule has 2 rings (SSSR count). The highest BCUT2D eigenvalue weighted by Crippen LogP contribution is 2.26. The van der Waals surface area contributed by atoms with Crippen LogP contribution in [0.3, 0.4) is 0 Å². The highest BCUT2D eigenvalue weighted by molar-refractivity contribution is 6.08. The van der Waals surface area contributed by atoms with Crippen LogP contribution in [0, 0.1) is 15.9 Å². The van der Waals surface area contributed by atoms with Crippen molar-refractivity contribution >= 4 is 23.0 Å². The number of hydrogen-bond acceptors (Lipinski definition) is 5. The van der Waals surface area contributed by atoms with Crippen LogP contribution in [-0.4, -0.2) is 22.9 Å². The monoisotopic (exact) mass is 290 g/mol. The summed E-state index contributed by atoms with van der Waals surface area (Å²) in [6.45, 7) is 0. The Labute approximate surface area is 119 Å². The SMILES string of the molecule is CN(C(=O)c1cc(N)c(F)cc1[N+](=O)[O-])c1ccncc1. The van der Waals surface area contributed by atoms with Crippen LogP contribution in [0.4, 0.5) is 21.5 Å². The lowest BCUT2D eigenvalue weighted by molar-refractivity contribution is -0.385. The summed E-state index contributed by atoms with van der Waals surface area (Å²) in [5.74, 6) is -1.61. The molecule has 0 atom stereocenters. The molecule has 2 aromatic rings. The lowest BCUT2D eigenvalue weighted by Gasteiger charge is -2.17. The van der Waals surface area contributed by atoms with Crippen LogP contribution in [0.25, 0.3) is 0 Å². The highest BCUT2D eigenvalue weighted by atomic mass is 19.1. The van der Waals surface area contributed by atoms with Crippen molar-refractivity contribution < 1.29 is 14.1 Å². The molecule has 1 heterocycles. The molecule has 1 amide bonds. The maximum atomic E-state index is 13.3. The van der Waals surface area contributed by atoms with E-state index < -0.39 is 22.3 Å². The summed E-state index contributed by atoms with van der Waals surface area (Å²) >= 11 is 0. The second-order valence-electron chi connectivity index (χ2n) is 4.22. The Balaban J connectivity index is 2.48. The van der Waals surface area contributed by atoms with E-state index >= 15 is 0 Å². The van der Waals surface area contributed by atoms with E-state index in [1.54, 1.807) is 12.1 Å². The van der Waals surface area contributed by atoms with E-state index in [0.717, 1.165) is 6.07 Å². The number of aromatic nitrogens is 1. The Morgan fingerprint density at radius 1 is 1.38 bits per heavy atom. The van der Waals surface area contributed by atoms with Crippen molar-refractivity contribution in [3.63, 3.8) is 0 Å². The molecular formula is C13H11FN4O3. The van der Waals surface area contributed by atoms with Gasteiger partial charge in [-0.15, -0.1) is 0 Å². The molecule has 1 aromatic heterocycles. The Morgan fingerprint density at radius 3 is 2.57 bits per heavy atom. The van der Waals surface area contributed by atoms with Crippen LogP contribution in [0.2, 0.25) is 0 Å². The fourth-order valence-electron chi connectivity index (χ4n) is 1.77. The van der Waals surface area contributed by atoms with Gasteiger partial charge in [-0.25, -0.2) is 4.39 Å². The molecule has 21 heavy (non-hydrogen) atoms. The molecule has 0 aliphatic heterocycles. The molecule has 0 unspecified atom stereocenters. The molecule has 0 saturated heterocycles. The fourth-order valence-corrected chi connectivity index (χ4v) is 1.77. The first-order valence-corrected chi connectivity index (χ1v) is 5.83. The summed E-state index contributed by atoms with van der Waals surface area (Å²) in [6.07, 6.45) is 2.96. The number of benzene rings is 1. The number of nitrogens with two attached hydrogens (primary N) is 1. The molecule has 7 nitrogen and oxygen atoms in total. The summed E-state index contributed by atoms with van der Waals surface area (Å²) in [5, 5.41) is 11.0. The van der Waals surface area contributed by atoms with Crippen LogP contribution < -0.4 is 10.6 Å². The van der Waals surface area contributed by atoms with Crippen molar-refractivity contribution in [1.82, 2.24) is 4.98 Å². The molecule has 8 heteroatoms. The fraction of sp³-hybridized carbons (Fsp3) is 0.0769. The van der Waals surface area contributed by atoms with E-state index in [-0.39, 0.29) is 11.3 Å². The van der Waals surface area contributed by atoms with Crippen LogP contribution in [-0.2, 0) is 0 Å². The summed E-state index contributed by atoms with van der Waals surface area (Å²) < 4.78 is 13.3. The molecule has 0 aliphatic rings. The van der Waals surface area contributed by atoms with Gasteiger partial charge < -0.3 is 10.6 Å². The van der Waals surface area contributed by atoms with Crippen molar-refractivity contribution in [2.45, 2.75) is 0 Å². The van der Waals surface area contributed by atoms with Gasteiger partial charge >= 0.3 is 0 Å². The second kappa shape index (κ2) is 5.53. The molecule has 1 aromatic carbocycles. The van der Waals surface area contributed by atoms with Gasteiger partial charge in [0.15, 0.2) is 5.82 Å². The number of hydrogen-bond donors (Lipinski definition) is 1. The summed E-state index contributed by atoms with van der Waals surface area (Å²) in [5.41, 5.74) is 4.64. The molecular weight excluding hydrogens is 279 g/mol. The van der Waals surface area contributed by atoms with Crippen molar-refractivity contribution in [3.05, 3.63) is 58.2 Å². The van der Waals surface area contributed by atoms with Crippen molar-refractivity contribution in [1.29, 1.82) is 0 Å². The van der Waals surface area contributed by atoms with Gasteiger partial charge in [0.1, 0.15) is 5.56 Å². The smallest absolute Gasteiger partial charge is 0.285 e. The zero-order valence-corrected chi connectivity index (χ0v) is 11.0. The van der Waals surface area contributed by atoms with Crippen molar-refractivity contribution in [3.8, 4) is 0 Å². The Kier molecular flexibility index (Phi) is 3.79. The number of halogens is 1. The van der Waals surface area contributed by atoms with Gasteiger partial charge in [-0.1, -0.05) is 0 Å². The third-order valence-electron chi connectivity index (χ3n) is 2.90. The maximum Gasteiger partial charge on any atom is 0.285 e. The number of nitrogen functional groups attached to an aromatic ring is 1. The molecule has 108 valence electrons. The van der Waals surface area contributed by atoms with Gasteiger partial charge in [0, 0.05) is 25.1 Å². The van der Waals surface area contributed by atoms with Crippen molar-refractivity contribution in [2.75, 3.05) is 17.7 Å². The summed E-state index contributed by atoms with van der Waals surface area (Å²) in [4.78, 5) is 27.5. The summed E-state index contributed by atoms with van der Waals surface area (Å²) in [6, 6.07) is 4.74. The quantitative estimate of drug-likeness (QED) is 0.529. The van der Waals surface area contributed by atoms with Crippen LogP contribution in [0.15, 0.2) is 36.7 Å². The Hall–Kier alpha value is -3.03. The van der Waals surface area contributed by atoms with Gasteiger partial charge in [0.05, 0.1) is 16.7 Å². The van der Waals surface area contributed by atoms with Gasteiger partial charge in [0.25, 0.3) is 11.6 Å². The molecule has 0 radical (unpaired) electrons. The number of anilines is 2. The zero-order chi connectivity index (χ0) is 15.6. The molecule has 0 fully saturated rings. The average molecular weight is 290 g/mol.